The topological polar surface area (TPSA) is 46.2 Å². The van der Waals surface area contributed by atoms with Crippen LogP contribution in [-0.2, 0) is 9.84 Å². The quantitative estimate of drug-likeness (QED) is 0.745. The first kappa shape index (κ1) is 15.9. The molecule has 0 bridgehead atoms. The fourth-order valence-corrected chi connectivity index (χ4v) is 2.63. The zero-order chi connectivity index (χ0) is 14.3. The van der Waals surface area contributed by atoms with Crippen molar-refractivity contribution >= 4 is 9.84 Å². The molecule has 0 heterocycles. The molecule has 4 heteroatoms. The Morgan fingerprint density at radius 1 is 1.42 bits per heavy atom. The molecule has 0 aliphatic heterocycles. The SMILES string of the molecule is C=CCCC(NCCC)c1cccc(S(C)(=O)=O)c1. The number of rotatable bonds is 8. The molecule has 1 atom stereocenters. The molecule has 0 fully saturated rings. The predicted octanol–water partition coefficient (Wildman–Crippen LogP) is 3.10. The molecule has 0 radical (unpaired) electrons. The van der Waals surface area contributed by atoms with Crippen LogP contribution in [0, 0.1) is 0 Å². The monoisotopic (exact) mass is 281 g/mol. The smallest absolute Gasteiger partial charge is 0.175 e. The van der Waals surface area contributed by atoms with Gasteiger partial charge >= 0.3 is 0 Å². The Balaban J connectivity index is 2.97. The van der Waals surface area contributed by atoms with Crippen molar-refractivity contribution in [3.05, 3.63) is 42.5 Å². The summed E-state index contributed by atoms with van der Waals surface area (Å²) >= 11 is 0. The summed E-state index contributed by atoms with van der Waals surface area (Å²) in [5, 5.41) is 3.46. The molecular weight excluding hydrogens is 258 g/mol. The molecule has 0 aromatic heterocycles. The lowest BCUT2D eigenvalue weighted by atomic mass is 10.0. The lowest BCUT2D eigenvalue weighted by Crippen LogP contribution is -2.22. The molecule has 1 N–H and O–H groups in total. The Morgan fingerprint density at radius 2 is 2.16 bits per heavy atom. The highest BCUT2D eigenvalue weighted by Crippen LogP contribution is 2.21. The highest BCUT2D eigenvalue weighted by molar-refractivity contribution is 7.90. The van der Waals surface area contributed by atoms with Gasteiger partial charge in [-0.2, -0.15) is 0 Å². The average molecular weight is 281 g/mol. The van der Waals surface area contributed by atoms with E-state index in [1.807, 2.05) is 12.1 Å². The summed E-state index contributed by atoms with van der Waals surface area (Å²) in [5.74, 6) is 0. The van der Waals surface area contributed by atoms with E-state index < -0.39 is 9.84 Å². The van der Waals surface area contributed by atoms with Crippen LogP contribution in [0.15, 0.2) is 41.8 Å². The Kier molecular flexibility index (Phi) is 6.25. The van der Waals surface area contributed by atoms with Gasteiger partial charge in [0.05, 0.1) is 4.90 Å². The predicted molar refractivity (Wildman–Crippen MR) is 80.0 cm³/mol. The number of sulfone groups is 1. The minimum atomic E-state index is -3.15. The number of nitrogens with one attached hydrogen (secondary N) is 1. The third-order valence-electron chi connectivity index (χ3n) is 2.99. The van der Waals surface area contributed by atoms with Crippen LogP contribution in [0.2, 0.25) is 0 Å². The first-order chi connectivity index (χ1) is 8.99. The zero-order valence-corrected chi connectivity index (χ0v) is 12.5. The molecule has 1 aromatic rings. The Hall–Kier alpha value is -1.13. The van der Waals surface area contributed by atoms with Gasteiger partial charge in [-0.1, -0.05) is 25.1 Å². The van der Waals surface area contributed by atoms with Crippen molar-refractivity contribution in [1.29, 1.82) is 0 Å². The first-order valence-corrected chi connectivity index (χ1v) is 8.52. The van der Waals surface area contributed by atoms with Crippen molar-refractivity contribution in [1.82, 2.24) is 5.32 Å². The Labute approximate surface area is 116 Å². The second-order valence-corrected chi connectivity index (χ2v) is 6.73. The maximum Gasteiger partial charge on any atom is 0.175 e. The summed E-state index contributed by atoms with van der Waals surface area (Å²) in [4.78, 5) is 0.381. The summed E-state index contributed by atoms with van der Waals surface area (Å²) < 4.78 is 23.2. The average Bonchev–Trinajstić information content (AvgIpc) is 2.38. The largest absolute Gasteiger partial charge is 0.310 e. The number of benzene rings is 1. The van der Waals surface area contributed by atoms with Crippen LogP contribution in [0.1, 0.15) is 37.8 Å². The molecule has 3 nitrogen and oxygen atoms in total. The van der Waals surface area contributed by atoms with Crippen molar-refractivity contribution in [3.8, 4) is 0 Å². The lowest BCUT2D eigenvalue weighted by Gasteiger charge is -2.19. The van der Waals surface area contributed by atoms with Gasteiger partial charge in [-0.15, -0.1) is 6.58 Å². The van der Waals surface area contributed by atoms with Crippen LogP contribution < -0.4 is 5.32 Å². The highest BCUT2D eigenvalue weighted by Gasteiger charge is 2.13. The second-order valence-electron chi connectivity index (χ2n) is 4.72. The van der Waals surface area contributed by atoms with Crippen molar-refractivity contribution < 1.29 is 8.42 Å². The molecule has 1 aromatic carbocycles. The molecule has 0 aliphatic carbocycles. The van der Waals surface area contributed by atoms with E-state index in [4.69, 9.17) is 0 Å². The van der Waals surface area contributed by atoms with Crippen LogP contribution in [0.5, 0.6) is 0 Å². The molecule has 0 saturated heterocycles. The fraction of sp³-hybridized carbons (Fsp3) is 0.467. The highest BCUT2D eigenvalue weighted by atomic mass is 32.2. The molecule has 0 aliphatic rings. The summed E-state index contributed by atoms with van der Waals surface area (Å²) in [6.07, 6.45) is 6.02. The minimum Gasteiger partial charge on any atom is -0.310 e. The van der Waals surface area contributed by atoms with Gasteiger partial charge in [0.15, 0.2) is 9.84 Å². The van der Waals surface area contributed by atoms with Crippen molar-refractivity contribution in [2.24, 2.45) is 0 Å². The van der Waals surface area contributed by atoms with E-state index in [1.165, 1.54) is 6.26 Å². The molecule has 0 amide bonds. The molecular formula is C15H23NO2S. The maximum atomic E-state index is 11.6. The van der Waals surface area contributed by atoms with Crippen molar-refractivity contribution in [2.45, 2.75) is 37.1 Å². The molecule has 0 spiro atoms. The summed E-state index contributed by atoms with van der Waals surface area (Å²) in [6.45, 7) is 6.78. The first-order valence-electron chi connectivity index (χ1n) is 6.63. The van der Waals surface area contributed by atoms with Gasteiger partial charge < -0.3 is 5.32 Å². The molecule has 1 unspecified atom stereocenters. The van der Waals surface area contributed by atoms with Crippen LogP contribution in [0.4, 0.5) is 0 Å². The standard InChI is InChI=1S/C15H23NO2S/c1-4-6-10-15(16-11-5-2)13-8-7-9-14(12-13)19(3,17)18/h4,7-9,12,15-16H,1,5-6,10-11H2,2-3H3. The van der Waals surface area contributed by atoms with Gasteiger partial charge in [0.25, 0.3) is 0 Å². The van der Waals surface area contributed by atoms with Gasteiger partial charge in [0, 0.05) is 12.3 Å². The summed E-state index contributed by atoms with van der Waals surface area (Å²) in [5.41, 5.74) is 1.03. The minimum absolute atomic E-state index is 0.180. The van der Waals surface area contributed by atoms with Gasteiger partial charge in [-0.05, 0) is 43.5 Å². The van der Waals surface area contributed by atoms with E-state index in [0.29, 0.717) is 4.90 Å². The number of allylic oxidation sites excluding steroid dienone is 1. The Morgan fingerprint density at radius 3 is 2.74 bits per heavy atom. The summed E-state index contributed by atoms with van der Waals surface area (Å²) in [7, 11) is -3.15. The maximum absolute atomic E-state index is 11.6. The molecule has 106 valence electrons. The van der Waals surface area contributed by atoms with Crippen molar-refractivity contribution in [3.63, 3.8) is 0 Å². The molecule has 0 saturated carbocycles. The van der Waals surface area contributed by atoms with E-state index in [9.17, 15) is 8.42 Å². The number of hydrogen-bond acceptors (Lipinski definition) is 3. The number of hydrogen-bond donors (Lipinski definition) is 1. The zero-order valence-electron chi connectivity index (χ0n) is 11.7. The van der Waals surface area contributed by atoms with Crippen molar-refractivity contribution in [2.75, 3.05) is 12.8 Å². The van der Waals surface area contributed by atoms with Crippen LogP contribution in [0.25, 0.3) is 0 Å². The fourth-order valence-electron chi connectivity index (χ4n) is 1.95. The van der Waals surface area contributed by atoms with E-state index >= 15 is 0 Å². The van der Waals surface area contributed by atoms with Gasteiger partial charge in [-0.25, -0.2) is 8.42 Å². The van der Waals surface area contributed by atoms with E-state index in [2.05, 4.69) is 18.8 Å². The van der Waals surface area contributed by atoms with Gasteiger partial charge in [-0.3, -0.25) is 0 Å². The van der Waals surface area contributed by atoms with E-state index in [0.717, 1.165) is 31.4 Å². The second kappa shape index (κ2) is 7.46. The molecule has 1 rings (SSSR count). The molecule has 19 heavy (non-hydrogen) atoms. The van der Waals surface area contributed by atoms with Gasteiger partial charge in [0.2, 0.25) is 0 Å². The summed E-state index contributed by atoms with van der Waals surface area (Å²) in [6, 6.07) is 7.37. The third-order valence-corrected chi connectivity index (χ3v) is 4.10. The van der Waals surface area contributed by atoms with Crippen LogP contribution in [-0.4, -0.2) is 21.2 Å². The normalized spacial score (nSPS) is 13.2. The Bertz CT molecular complexity index is 509. The third kappa shape index (κ3) is 5.17. The van der Waals surface area contributed by atoms with Crippen LogP contribution in [0.3, 0.4) is 0 Å². The lowest BCUT2D eigenvalue weighted by molar-refractivity contribution is 0.502. The van der Waals surface area contributed by atoms with E-state index in [1.54, 1.807) is 18.2 Å². The van der Waals surface area contributed by atoms with E-state index in [-0.39, 0.29) is 6.04 Å². The van der Waals surface area contributed by atoms with Crippen LogP contribution >= 0.6 is 0 Å². The van der Waals surface area contributed by atoms with Gasteiger partial charge in [0.1, 0.15) is 0 Å².